The van der Waals surface area contributed by atoms with Crippen molar-refractivity contribution < 1.29 is 28.4 Å². The lowest BCUT2D eigenvalue weighted by molar-refractivity contribution is -0.148. The first kappa shape index (κ1) is 19.6. The maximum absolute atomic E-state index is 11.7. The highest BCUT2D eigenvalue weighted by Gasteiger charge is 2.12. The van der Waals surface area contributed by atoms with Gasteiger partial charge in [-0.2, -0.15) is 0 Å². The van der Waals surface area contributed by atoms with Gasteiger partial charge in [0.2, 0.25) is 5.91 Å². The zero-order chi connectivity index (χ0) is 19.6. The van der Waals surface area contributed by atoms with Gasteiger partial charge in [-0.25, -0.2) is 0 Å². The van der Waals surface area contributed by atoms with E-state index < -0.39 is 30.3 Å². The van der Waals surface area contributed by atoms with Crippen molar-refractivity contribution in [3.05, 3.63) is 47.7 Å². The number of amides is 3. The molecular formula is C17H18N4O6. The normalized spacial score (nSPS) is 9.96. The van der Waals surface area contributed by atoms with Gasteiger partial charge in [0.1, 0.15) is 5.76 Å². The third-order valence-electron chi connectivity index (χ3n) is 3.17. The molecular weight excluding hydrogens is 356 g/mol. The first-order valence-corrected chi connectivity index (χ1v) is 7.97. The number of nitrogens with zero attached hydrogens (tertiary/aromatic N) is 1. The van der Waals surface area contributed by atoms with Crippen LogP contribution in [0.1, 0.15) is 29.0 Å². The summed E-state index contributed by atoms with van der Waals surface area (Å²) in [5.41, 5.74) is 4.80. The van der Waals surface area contributed by atoms with Crippen LogP contribution >= 0.6 is 0 Å². The number of aromatic nitrogens is 1. The van der Waals surface area contributed by atoms with Gasteiger partial charge in [0.25, 0.3) is 11.8 Å². The topological polar surface area (TPSA) is 140 Å². The van der Waals surface area contributed by atoms with Gasteiger partial charge in [0.05, 0.1) is 6.42 Å². The van der Waals surface area contributed by atoms with Crippen molar-refractivity contribution in [2.75, 3.05) is 11.9 Å². The molecule has 0 fully saturated rings. The molecule has 0 radical (unpaired) electrons. The van der Waals surface area contributed by atoms with Crippen LogP contribution in [0.15, 0.2) is 40.9 Å². The molecule has 3 N–H and O–H groups in total. The van der Waals surface area contributed by atoms with Gasteiger partial charge < -0.3 is 14.6 Å². The number of nitrogens with one attached hydrogen (secondary N) is 3. The highest BCUT2D eigenvalue weighted by molar-refractivity contribution is 5.95. The van der Waals surface area contributed by atoms with Crippen molar-refractivity contribution in [2.24, 2.45) is 0 Å². The number of benzene rings is 1. The van der Waals surface area contributed by atoms with Crippen molar-refractivity contribution in [1.82, 2.24) is 16.0 Å². The van der Waals surface area contributed by atoms with Crippen molar-refractivity contribution in [2.45, 2.75) is 19.8 Å². The molecule has 0 bridgehead atoms. The largest absolute Gasteiger partial charge is 0.456 e. The van der Waals surface area contributed by atoms with Crippen LogP contribution in [-0.2, 0) is 19.1 Å². The van der Waals surface area contributed by atoms with Gasteiger partial charge in [-0.3, -0.25) is 30.0 Å². The number of anilines is 1. The number of ether oxygens (including phenoxy) is 1. The molecule has 1 aromatic carbocycles. The summed E-state index contributed by atoms with van der Waals surface area (Å²) in [5, 5.41) is 5.95. The number of hydrogen-bond donors (Lipinski definition) is 3. The Bertz CT molecular complexity index is 818. The molecule has 0 aliphatic heterocycles. The lowest BCUT2D eigenvalue weighted by Crippen LogP contribution is -2.41. The highest BCUT2D eigenvalue weighted by atomic mass is 16.5. The SMILES string of the molecule is Cc1cc(NC(=O)COC(=O)CCC(=O)NNC(=O)c2ccccc2)no1. The molecule has 3 amide bonds. The summed E-state index contributed by atoms with van der Waals surface area (Å²) < 4.78 is 9.53. The summed E-state index contributed by atoms with van der Waals surface area (Å²) in [6.45, 7) is 1.15. The van der Waals surface area contributed by atoms with Gasteiger partial charge in [0.15, 0.2) is 12.4 Å². The van der Waals surface area contributed by atoms with E-state index in [4.69, 9.17) is 9.26 Å². The van der Waals surface area contributed by atoms with Crippen LogP contribution in [0.5, 0.6) is 0 Å². The molecule has 10 nitrogen and oxygen atoms in total. The predicted molar refractivity (Wildman–Crippen MR) is 92.1 cm³/mol. The standard InChI is InChI=1S/C17H18N4O6/c1-11-9-13(21-27-11)18-15(23)10-26-16(24)8-7-14(22)19-20-17(25)12-5-3-2-4-6-12/h2-6,9H,7-8,10H2,1H3,(H,19,22)(H,20,25)(H,18,21,23). The number of hydrogen-bond acceptors (Lipinski definition) is 7. The number of carbonyl (C=O) groups is 4. The minimum atomic E-state index is -0.731. The second-order valence-electron chi connectivity index (χ2n) is 5.40. The predicted octanol–water partition coefficient (Wildman–Crippen LogP) is 0.706. The van der Waals surface area contributed by atoms with E-state index in [1.54, 1.807) is 37.3 Å². The number of rotatable bonds is 7. The van der Waals surface area contributed by atoms with Crippen molar-refractivity contribution in [3.63, 3.8) is 0 Å². The fourth-order valence-electron chi connectivity index (χ4n) is 1.89. The van der Waals surface area contributed by atoms with Gasteiger partial charge in [-0.1, -0.05) is 23.4 Å². The summed E-state index contributed by atoms with van der Waals surface area (Å²) in [7, 11) is 0. The van der Waals surface area contributed by atoms with E-state index in [2.05, 4.69) is 21.3 Å². The smallest absolute Gasteiger partial charge is 0.306 e. The van der Waals surface area contributed by atoms with Crippen molar-refractivity contribution in [1.29, 1.82) is 0 Å². The van der Waals surface area contributed by atoms with E-state index in [1.807, 2.05) is 0 Å². The van der Waals surface area contributed by atoms with Crippen LogP contribution in [-0.4, -0.2) is 35.5 Å². The van der Waals surface area contributed by atoms with E-state index in [1.165, 1.54) is 6.07 Å². The summed E-state index contributed by atoms with van der Waals surface area (Å²) in [4.78, 5) is 46.5. The minimum Gasteiger partial charge on any atom is -0.456 e. The van der Waals surface area contributed by atoms with Crippen LogP contribution < -0.4 is 16.2 Å². The third-order valence-corrected chi connectivity index (χ3v) is 3.17. The van der Waals surface area contributed by atoms with Crippen LogP contribution in [0.4, 0.5) is 5.82 Å². The van der Waals surface area contributed by atoms with E-state index in [0.717, 1.165) is 0 Å². The first-order valence-electron chi connectivity index (χ1n) is 7.97. The zero-order valence-corrected chi connectivity index (χ0v) is 14.5. The second kappa shape index (κ2) is 9.70. The molecule has 10 heteroatoms. The van der Waals surface area contributed by atoms with E-state index >= 15 is 0 Å². The molecule has 0 aliphatic rings. The monoisotopic (exact) mass is 374 g/mol. The highest BCUT2D eigenvalue weighted by Crippen LogP contribution is 2.06. The summed E-state index contributed by atoms with van der Waals surface area (Å²) in [6, 6.07) is 9.82. The number of hydrazine groups is 1. The first-order chi connectivity index (χ1) is 12.9. The van der Waals surface area contributed by atoms with Gasteiger partial charge >= 0.3 is 5.97 Å². The Morgan fingerprint density at radius 1 is 1.04 bits per heavy atom. The Kier molecular flexibility index (Phi) is 7.06. The van der Waals surface area contributed by atoms with E-state index in [0.29, 0.717) is 11.3 Å². The molecule has 2 rings (SSSR count). The van der Waals surface area contributed by atoms with Crippen molar-refractivity contribution in [3.8, 4) is 0 Å². The molecule has 0 aliphatic carbocycles. The molecule has 0 saturated heterocycles. The van der Waals surface area contributed by atoms with Crippen LogP contribution in [0, 0.1) is 6.92 Å². The van der Waals surface area contributed by atoms with Crippen LogP contribution in [0.3, 0.4) is 0 Å². The molecule has 27 heavy (non-hydrogen) atoms. The lowest BCUT2D eigenvalue weighted by Gasteiger charge is -2.07. The average Bonchev–Trinajstić information content (AvgIpc) is 3.08. The number of aryl methyl sites for hydroxylation is 1. The zero-order valence-electron chi connectivity index (χ0n) is 14.5. The van der Waals surface area contributed by atoms with Gasteiger partial charge in [0, 0.05) is 18.1 Å². The molecule has 0 unspecified atom stereocenters. The average molecular weight is 374 g/mol. The Labute approximate surface area is 154 Å². The van der Waals surface area contributed by atoms with Crippen LogP contribution in [0.25, 0.3) is 0 Å². The number of esters is 1. The Balaban J connectivity index is 1.61. The second-order valence-corrected chi connectivity index (χ2v) is 5.40. The van der Waals surface area contributed by atoms with Crippen molar-refractivity contribution >= 4 is 29.5 Å². The molecule has 0 atom stereocenters. The third kappa shape index (κ3) is 6.98. The molecule has 1 aromatic heterocycles. The summed E-state index contributed by atoms with van der Waals surface area (Å²) >= 11 is 0. The molecule has 142 valence electrons. The Morgan fingerprint density at radius 2 is 1.78 bits per heavy atom. The van der Waals surface area contributed by atoms with Crippen LogP contribution in [0.2, 0.25) is 0 Å². The van der Waals surface area contributed by atoms with Gasteiger partial charge in [-0.05, 0) is 19.1 Å². The molecule has 0 spiro atoms. The molecule has 1 heterocycles. The quantitative estimate of drug-likeness (QED) is 0.479. The number of carbonyl (C=O) groups excluding carboxylic acids is 4. The lowest BCUT2D eigenvalue weighted by atomic mass is 10.2. The maximum atomic E-state index is 11.7. The Morgan fingerprint density at radius 3 is 2.44 bits per heavy atom. The van der Waals surface area contributed by atoms with E-state index in [9.17, 15) is 19.2 Å². The summed E-state index contributed by atoms with van der Waals surface area (Å²) in [5.74, 6) is -1.64. The molecule has 2 aromatic rings. The minimum absolute atomic E-state index is 0.210. The maximum Gasteiger partial charge on any atom is 0.306 e. The summed E-state index contributed by atoms with van der Waals surface area (Å²) in [6.07, 6.45) is -0.457. The Hall–Kier alpha value is -3.69. The fourth-order valence-corrected chi connectivity index (χ4v) is 1.89. The molecule has 0 saturated carbocycles. The fraction of sp³-hybridized carbons (Fsp3) is 0.235. The van der Waals surface area contributed by atoms with Gasteiger partial charge in [-0.15, -0.1) is 0 Å². The van der Waals surface area contributed by atoms with E-state index in [-0.39, 0.29) is 18.7 Å².